The van der Waals surface area contributed by atoms with E-state index in [1.165, 1.54) is 4.90 Å². The van der Waals surface area contributed by atoms with Gasteiger partial charge in [-0.15, -0.1) is 11.8 Å². The summed E-state index contributed by atoms with van der Waals surface area (Å²) in [6.07, 6.45) is 3.62. The van der Waals surface area contributed by atoms with E-state index in [9.17, 15) is 4.79 Å². The molecule has 0 fully saturated rings. The summed E-state index contributed by atoms with van der Waals surface area (Å²) in [5, 5.41) is 7.04. The molecule has 2 heterocycles. The highest BCUT2D eigenvalue weighted by molar-refractivity contribution is 7.98. The number of hydrogen-bond acceptors (Lipinski definition) is 5. The summed E-state index contributed by atoms with van der Waals surface area (Å²) in [6.45, 7) is 1.59. The normalized spacial score (nSPS) is 12.6. The molecule has 0 radical (unpaired) electrons. The number of carbonyl (C=O) groups is 1. The van der Waals surface area contributed by atoms with Crippen molar-refractivity contribution in [3.05, 3.63) is 59.8 Å². The predicted molar refractivity (Wildman–Crippen MR) is 109 cm³/mol. The number of rotatable bonds is 5. The Morgan fingerprint density at radius 3 is 2.64 bits per heavy atom. The Hall–Kier alpha value is -2.93. The number of amides is 1. The second-order valence-corrected chi connectivity index (χ2v) is 7.41. The molecule has 7 heteroatoms. The van der Waals surface area contributed by atoms with Crippen molar-refractivity contribution in [2.75, 3.05) is 26.5 Å². The Balaban J connectivity index is 1.55. The summed E-state index contributed by atoms with van der Waals surface area (Å²) in [7, 11) is 1.80. The molecule has 1 N–H and O–H groups in total. The predicted octanol–water partition coefficient (Wildman–Crippen LogP) is 3.84. The fourth-order valence-electron chi connectivity index (χ4n) is 3.15. The summed E-state index contributed by atoms with van der Waals surface area (Å²) in [4.78, 5) is 15.9. The number of nitrogens with one attached hydrogen (secondary N) is 1. The molecule has 144 valence electrons. The Morgan fingerprint density at radius 2 is 1.89 bits per heavy atom. The number of benzene rings is 2. The number of aromatic amines is 1. The van der Waals surface area contributed by atoms with Crippen molar-refractivity contribution < 1.29 is 14.3 Å². The first kappa shape index (κ1) is 18.4. The van der Waals surface area contributed by atoms with Crippen molar-refractivity contribution in [3.8, 4) is 22.8 Å². The van der Waals surface area contributed by atoms with Crippen LogP contribution in [0.1, 0.15) is 15.9 Å². The molecule has 0 aliphatic carbocycles. The molecule has 0 spiro atoms. The van der Waals surface area contributed by atoms with Gasteiger partial charge in [0.25, 0.3) is 5.91 Å². The molecular formula is C21H21N3O3S. The maximum Gasteiger partial charge on any atom is 0.257 e. The van der Waals surface area contributed by atoms with Gasteiger partial charge >= 0.3 is 0 Å². The maximum atomic E-state index is 13.0. The van der Waals surface area contributed by atoms with Crippen LogP contribution in [-0.4, -0.2) is 47.5 Å². The number of carbonyl (C=O) groups excluding carboxylic acids is 1. The van der Waals surface area contributed by atoms with Crippen LogP contribution in [0.4, 0.5) is 0 Å². The van der Waals surface area contributed by atoms with Gasteiger partial charge in [-0.25, -0.2) is 0 Å². The van der Waals surface area contributed by atoms with E-state index in [4.69, 9.17) is 9.47 Å². The number of ether oxygens (including phenoxy) is 2. The summed E-state index contributed by atoms with van der Waals surface area (Å²) >= 11 is 1.70. The molecule has 6 nitrogen and oxygen atoms in total. The van der Waals surface area contributed by atoms with Crippen molar-refractivity contribution in [1.29, 1.82) is 0 Å². The molecule has 4 rings (SSSR count). The molecular weight excluding hydrogens is 374 g/mol. The van der Waals surface area contributed by atoms with E-state index in [2.05, 4.69) is 22.3 Å². The van der Waals surface area contributed by atoms with E-state index in [1.807, 2.05) is 36.6 Å². The first-order valence-electron chi connectivity index (χ1n) is 8.97. The highest BCUT2D eigenvalue weighted by Gasteiger charge is 2.21. The topological polar surface area (TPSA) is 67.5 Å². The minimum atomic E-state index is -0.0902. The van der Waals surface area contributed by atoms with Crippen LogP contribution in [0.15, 0.2) is 53.6 Å². The van der Waals surface area contributed by atoms with Gasteiger partial charge in [0.1, 0.15) is 13.2 Å². The zero-order valence-electron chi connectivity index (χ0n) is 15.8. The number of hydrogen-bond donors (Lipinski definition) is 1. The van der Waals surface area contributed by atoms with E-state index < -0.39 is 0 Å². The molecule has 1 aromatic heterocycles. The summed E-state index contributed by atoms with van der Waals surface area (Å²) in [5.74, 6) is 1.31. The fourth-order valence-corrected chi connectivity index (χ4v) is 3.56. The summed E-state index contributed by atoms with van der Waals surface area (Å²) in [5.41, 5.74) is 3.12. The van der Waals surface area contributed by atoms with Gasteiger partial charge in [0.15, 0.2) is 11.5 Å². The molecule has 2 aromatic carbocycles. The number of aromatic nitrogens is 2. The molecule has 1 amide bonds. The molecule has 28 heavy (non-hydrogen) atoms. The second kappa shape index (κ2) is 7.98. The van der Waals surface area contributed by atoms with Crippen molar-refractivity contribution in [2.45, 2.75) is 11.4 Å². The van der Waals surface area contributed by atoms with Gasteiger partial charge in [0.05, 0.1) is 17.5 Å². The quantitative estimate of drug-likeness (QED) is 0.665. The monoisotopic (exact) mass is 395 g/mol. The standard InChI is InChI=1S/C21H21N3O3S/c1-24(13-14-3-6-16(28-2)7-4-14)21(25)17-12-22-23-20(17)15-5-8-18-19(11-15)27-10-9-26-18/h3-8,11-12H,9-10,13H2,1-2H3,(H,22,23). The van der Waals surface area contributed by atoms with E-state index in [0.29, 0.717) is 42.5 Å². The van der Waals surface area contributed by atoms with Crippen LogP contribution in [0.3, 0.4) is 0 Å². The Labute approximate surface area is 167 Å². The zero-order valence-corrected chi connectivity index (χ0v) is 16.6. The van der Waals surface area contributed by atoms with Gasteiger partial charge in [0.2, 0.25) is 0 Å². The molecule has 1 aliphatic rings. The highest BCUT2D eigenvalue weighted by atomic mass is 32.2. The van der Waals surface area contributed by atoms with Gasteiger partial charge in [-0.3, -0.25) is 9.89 Å². The van der Waals surface area contributed by atoms with Gasteiger partial charge in [-0.1, -0.05) is 12.1 Å². The lowest BCUT2D eigenvalue weighted by molar-refractivity contribution is 0.0786. The van der Waals surface area contributed by atoms with Crippen LogP contribution in [0, 0.1) is 0 Å². The van der Waals surface area contributed by atoms with E-state index in [-0.39, 0.29) is 5.91 Å². The summed E-state index contributed by atoms with van der Waals surface area (Å²) < 4.78 is 11.2. The first-order valence-corrected chi connectivity index (χ1v) is 10.2. The minimum Gasteiger partial charge on any atom is -0.486 e. The molecule has 3 aromatic rings. The van der Waals surface area contributed by atoms with E-state index >= 15 is 0 Å². The highest BCUT2D eigenvalue weighted by Crippen LogP contribution is 2.35. The molecule has 0 saturated carbocycles. The maximum absolute atomic E-state index is 13.0. The average molecular weight is 395 g/mol. The number of thioether (sulfide) groups is 1. The zero-order chi connectivity index (χ0) is 19.5. The molecule has 0 bridgehead atoms. The van der Waals surface area contributed by atoms with Crippen LogP contribution >= 0.6 is 11.8 Å². The number of fused-ring (bicyclic) bond motifs is 1. The average Bonchev–Trinajstić information content (AvgIpc) is 3.23. The Morgan fingerprint density at radius 1 is 1.14 bits per heavy atom. The molecule has 1 aliphatic heterocycles. The second-order valence-electron chi connectivity index (χ2n) is 6.53. The third-order valence-corrected chi connectivity index (χ3v) is 5.37. The molecule has 0 saturated heterocycles. The smallest absolute Gasteiger partial charge is 0.257 e. The number of H-pyrrole nitrogens is 1. The van der Waals surface area contributed by atoms with Gasteiger partial charge in [-0.2, -0.15) is 5.10 Å². The Kier molecular flexibility index (Phi) is 5.25. The lowest BCUT2D eigenvalue weighted by Gasteiger charge is -2.19. The third kappa shape index (κ3) is 3.71. The SMILES string of the molecule is CSc1ccc(CN(C)C(=O)c2cn[nH]c2-c2ccc3c(c2)OCCO3)cc1. The number of nitrogens with zero attached hydrogens (tertiary/aromatic N) is 2. The van der Waals surface area contributed by atoms with Crippen LogP contribution < -0.4 is 9.47 Å². The van der Waals surface area contributed by atoms with Crippen LogP contribution in [0.5, 0.6) is 11.5 Å². The molecule has 0 unspecified atom stereocenters. The lowest BCUT2D eigenvalue weighted by Crippen LogP contribution is -2.26. The van der Waals surface area contributed by atoms with Crippen molar-refractivity contribution in [1.82, 2.24) is 15.1 Å². The van der Waals surface area contributed by atoms with Crippen molar-refractivity contribution >= 4 is 17.7 Å². The van der Waals surface area contributed by atoms with E-state index in [1.54, 1.807) is 29.9 Å². The van der Waals surface area contributed by atoms with Gasteiger partial charge in [-0.05, 0) is 42.2 Å². The van der Waals surface area contributed by atoms with Gasteiger partial charge < -0.3 is 14.4 Å². The van der Waals surface area contributed by atoms with Crippen LogP contribution in [0.25, 0.3) is 11.3 Å². The van der Waals surface area contributed by atoms with Crippen molar-refractivity contribution in [3.63, 3.8) is 0 Å². The van der Waals surface area contributed by atoms with Crippen molar-refractivity contribution in [2.24, 2.45) is 0 Å². The third-order valence-electron chi connectivity index (χ3n) is 4.63. The van der Waals surface area contributed by atoms with Crippen LogP contribution in [0.2, 0.25) is 0 Å². The minimum absolute atomic E-state index is 0.0902. The summed E-state index contributed by atoms with van der Waals surface area (Å²) in [6, 6.07) is 13.9. The van der Waals surface area contributed by atoms with Crippen LogP contribution in [-0.2, 0) is 6.54 Å². The van der Waals surface area contributed by atoms with Gasteiger partial charge in [0, 0.05) is 24.1 Å². The Bertz CT molecular complexity index is 985. The largest absolute Gasteiger partial charge is 0.486 e. The fraction of sp³-hybridized carbons (Fsp3) is 0.238. The molecule has 0 atom stereocenters. The lowest BCUT2D eigenvalue weighted by atomic mass is 10.1. The van der Waals surface area contributed by atoms with E-state index in [0.717, 1.165) is 11.1 Å². The first-order chi connectivity index (χ1) is 13.7.